The lowest BCUT2D eigenvalue weighted by molar-refractivity contribution is 0.344. The van der Waals surface area contributed by atoms with Crippen LogP contribution in [0.5, 0.6) is 0 Å². The monoisotopic (exact) mass is 449 g/mol. The van der Waals surface area contributed by atoms with Gasteiger partial charge in [0.05, 0.1) is 0 Å². The summed E-state index contributed by atoms with van der Waals surface area (Å²) < 4.78 is 0. The van der Waals surface area contributed by atoms with E-state index in [2.05, 4.69) is 56.9 Å². The number of rotatable bonds is 20. The van der Waals surface area contributed by atoms with Crippen LogP contribution in [0.4, 0.5) is 0 Å². The van der Waals surface area contributed by atoms with Crippen LogP contribution >= 0.6 is 12.4 Å². The Morgan fingerprint density at radius 2 is 1.13 bits per heavy atom. The van der Waals surface area contributed by atoms with Crippen molar-refractivity contribution < 1.29 is 0 Å². The Hall–Kier alpha value is -0.790. The highest BCUT2D eigenvalue weighted by Crippen LogP contribution is 2.18. The second-order valence-corrected chi connectivity index (χ2v) is 9.88. The summed E-state index contributed by atoms with van der Waals surface area (Å²) in [5.74, 6) is 0. The number of unbranched alkanes of at least 4 members (excludes halogenated alkanes) is 14. The summed E-state index contributed by atoms with van der Waals surface area (Å²) >= 11 is 0. The SMILES string of the molecule is C=Cc1ccc(CNC(C)(C)CCCCCCCCCCCCCCCCC)cc1.Cl. The van der Waals surface area contributed by atoms with Crippen molar-refractivity contribution in [3.05, 3.63) is 42.0 Å². The molecule has 1 aromatic carbocycles. The van der Waals surface area contributed by atoms with E-state index >= 15 is 0 Å². The van der Waals surface area contributed by atoms with Crippen LogP contribution in [0.1, 0.15) is 135 Å². The summed E-state index contributed by atoms with van der Waals surface area (Å²) in [6.07, 6.45) is 24.6. The molecule has 0 fully saturated rings. The third kappa shape index (κ3) is 17.4. The summed E-state index contributed by atoms with van der Waals surface area (Å²) in [6.45, 7) is 11.7. The Kier molecular flexibility index (Phi) is 19.4. The largest absolute Gasteiger partial charge is 0.308 e. The van der Waals surface area contributed by atoms with Crippen LogP contribution < -0.4 is 5.32 Å². The van der Waals surface area contributed by atoms with Gasteiger partial charge >= 0.3 is 0 Å². The molecule has 180 valence electrons. The zero-order valence-electron chi connectivity index (χ0n) is 21.0. The first-order chi connectivity index (χ1) is 14.6. The zero-order chi connectivity index (χ0) is 21.9. The molecule has 0 amide bonds. The predicted molar refractivity (Wildman–Crippen MR) is 144 cm³/mol. The summed E-state index contributed by atoms with van der Waals surface area (Å²) in [5, 5.41) is 3.74. The number of benzene rings is 1. The van der Waals surface area contributed by atoms with Crippen LogP contribution in [0.25, 0.3) is 6.08 Å². The Balaban J connectivity index is 0.00000900. The molecule has 0 spiro atoms. The smallest absolute Gasteiger partial charge is 0.0210 e. The van der Waals surface area contributed by atoms with Gasteiger partial charge in [0.1, 0.15) is 0 Å². The molecule has 1 aromatic rings. The van der Waals surface area contributed by atoms with E-state index in [-0.39, 0.29) is 17.9 Å². The molecule has 0 aliphatic carbocycles. The van der Waals surface area contributed by atoms with Gasteiger partial charge in [-0.3, -0.25) is 0 Å². The standard InChI is InChI=1S/C29H51N.ClH/c1-5-7-8-9-10-11-12-13-14-15-16-17-18-19-20-25-29(3,4)30-26-28-23-21-27(6-2)22-24-28;/h6,21-24,30H,2,5,7-20,25-26H2,1,3-4H3;1H. The van der Waals surface area contributed by atoms with Crippen molar-refractivity contribution in [2.45, 2.75) is 136 Å². The zero-order valence-corrected chi connectivity index (χ0v) is 21.8. The van der Waals surface area contributed by atoms with E-state index in [1.54, 1.807) is 0 Å². The second kappa shape index (κ2) is 19.9. The maximum Gasteiger partial charge on any atom is 0.0210 e. The lowest BCUT2D eigenvalue weighted by atomic mass is 9.95. The number of halogens is 1. The summed E-state index contributed by atoms with van der Waals surface area (Å²) in [7, 11) is 0. The van der Waals surface area contributed by atoms with E-state index in [0.29, 0.717) is 0 Å². The second-order valence-electron chi connectivity index (χ2n) is 9.88. The molecular weight excluding hydrogens is 398 g/mol. The van der Waals surface area contributed by atoms with E-state index < -0.39 is 0 Å². The first-order valence-corrected chi connectivity index (χ1v) is 13.0. The minimum Gasteiger partial charge on any atom is -0.308 e. The lowest BCUT2D eigenvalue weighted by Crippen LogP contribution is -2.38. The molecule has 0 saturated carbocycles. The lowest BCUT2D eigenvalue weighted by Gasteiger charge is -2.26. The van der Waals surface area contributed by atoms with Crippen molar-refractivity contribution >= 4 is 18.5 Å². The van der Waals surface area contributed by atoms with Crippen LogP contribution in [0.3, 0.4) is 0 Å². The highest BCUT2D eigenvalue weighted by Gasteiger charge is 2.16. The third-order valence-electron chi connectivity index (χ3n) is 6.39. The molecule has 2 heteroatoms. The molecule has 1 nitrogen and oxygen atoms in total. The maximum absolute atomic E-state index is 3.82. The Bertz CT molecular complexity index is 520. The number of hydrogen-bond donors (Lipinski definition) is 1. The maximum atomic E-state index is 3.82. The molecular formula is C29H52ClN. The third-order valence-corrected chi connectivity index (χ3v) is 6.39. The van der Waals surface area contributed by atoms with Crippen LogP contribution in [0.2, 0.25) is 0 Å². The molecule has 0 aliphatic heterocycles. The van der Waals surface area contributed by atoms with Crippen molar-refractivity contribution in [2.75, 3.05) is 0 Å². The molecule has 31 heavy (non-hydrogen) atoms. The molecule has 0 atom stereocenters. The highest BCUT2D eigenvalue weighted by molar-refractivity contribution is 5.85. The Labute approximate surface area is 201 Å². The van der Waals surface area contributed by atoms with Crippen LogP contribution in [0, 0.1) is 0 Å². The van der Waals surface area contributed by atoms with Gasteiger partial charge in [0.15, 0.2) is 0 Å². The highest BCUT2D eigenvalue weighted by atomic mass is 35.5. The number of nitrogens with one attached hydrogen (secondary N) is 1. The molecule has 0 radical (unpaired) electrons. The van der Waals surface area contributed by atoms with E-state index in [1.807, 2.05) is 6.08 Å². The van der Waals surface area contributed by atoms with Gasteiger partial charge in [-0.05, 0) is 31.4 Å². The normalized spacial score (nSPS) is 11.3. The summed E-state index contributed by atoms with van der Waals surface area (Å²) in [4.78, 5) is 0. The van der Waals surface area contributed by atoms with E-state index in [4.69, 9.17) is 0 Å². The van der Waals surface area contributed by atoms with E-state index in [1.165, 1.54) is 114 Å². The minimum absolute atomic E-state index is 0. The van der Waals surface area contributed by atoms with Crippen LogP contribution in [-0.4, -0.2) is 5.54 Å². The van der Waals surface area contributed by atoms with Gasteiger partial charge < -0.3 is 5.32 Å². The van der Waals surface area contributed by atoms with Crippen LogP contribution in [0.15, 0.2) is 30.8 Å². The van der Waals surface area contributed by atoms with E-state index in [9.17, 15) is 0 Å². The first kappa shape index (κ1) is 30.2. The predicted octanol–water partition coefficient (Wildman–Crippen LogP) is 9.88. The summed E-state index contributed by atoms with van der Waals surface area (Å²) in [5.41, 5.74) is 2.76. The number of hydrogen-bond acceptors (Lipinski definition) is 1. The molecule has 0 unspecified atom stereocenters. The van der Waals surface area contributed by atoms with Crippen molar-refractivity contribution in [1.29, 1.82) is 0 Å². The van der Waals surface area contributed by atoms with Crippen molar-refractivity contribution in [1.82, 2.24) is 5.32 Å². The van der Waals surface area contributed by atoms with Gasteiger partial charge in [-0.2, -0.15) is 0 Å². The van der Waals surface area contributed by atoms with Crippen LogP contribution in [-0.2, 0) is 6.54 Å². The topological polar surface area (TPSA) is 12.0 Å². The molecule has 0 aliphatic rings. The Morgan fingerprint density at radius 1 is 0.710 bits per heavy atom. The fourth-order valence-electron chi connectivity index (χ4n) is 4.14. The molecule has 1 rings (SSSR count). The molecule has 0 bridgehead atoms. The van der Waals surface area contributed by atoms with Crippen molar-refractivity contribution in [2.24, 2.45) is 0 Å². The molecule has 1 N–H and O–H groups in total. The van der Waals surface area contributed by atoms with Gasteiger partial charge in [-0.1, -0.05) is 140 Å². The molecule has 0 saturated heterocycles. The Morgan fingerprint density at radius 3 is 1.55 bits per heavy atom. The fourth-order valence-corrected chi connectivity index (χ4v) is 4.14. The van der Waals surface area contributed by atoms with Gasteiger partial charge in [0, 0.05) is 12.1 Å². The van der Waals surface area contributed by atoms with Crippen molar-refractivity contribution in [3.8, 4) is 0 Å². The van der Waals surface area contributed by atoms with Gasteiger partial charge in [0.25, 0.3) is 0 Å². The summed E-state index contributed by atoms with van der Waals surface area (Å²) in [6, 6.07) is 8.69. The fraction of sp³-hybridized carbons (Fsp3) is 0.724. The van der Waals surface area contributed by atoms with Gasteiger partial charge in [-0.25, -0.2) is 0 Å². The van der Waals surface area contributed by atoms with Crippen molar-refractivity contribution in [3.63, 3.8) is 0 Å². The average molecular weight is 450 g/mol. The van der Waals surface area contributed by atoms with Gasteiger partial charge in [-0.15, -0.1) is 12.4 Å². The average Bonchev–Trinajstić information content (AvgIpc) is 2.75. The minimum atomic E-state index is 0. The van der Waals surface area contributed by atoms with E-state index in [0.717, 1.165) is 6.54 Å². The molecule has 0 aromatic heterocycles. The quantitative estimate of drug-likeness (QED) is 0.195. The van der Waals surface area contributed by atoms with Gasteiger partial charge in [0.2, 0.25) is 0 Å². The molecule has 0 heterocycles. The first-order valence-electron chi connectivity index (χ1n) is 13.0.